The van der Waals surface area contributed by atoms with Crippen LogP contribution in [0, 0.1) is 0 Å². The van der Waals surface area contributed by atoms with Crippen molar-refractivity contribution in [3.63, 3.8) is 0 Å². The van der Waals surface area contributed by atoms with Crippen LogP contribution in [0.4, 0.5) is 0 Å². The maximum absolute atomic E-state index is 12.7. The number of alkyl halides is 1. The van der Waals surface area contributed by atoms with Crippen LogP contribution < -0.4 is 11.2 Å². The molecule has 2 heterocycles. The third-order valence-electron chi connectivity index (χ3n) is 6.61. The van der Waals surface area contributed by atoms with E-state index in [4.69, 9.17) is 4.74 Å². The summed E-state index contributed by atoms with van der Waals surface area (Å²) in [7, 11) is 3.45. The molecule has 1 atom stereocenters. The molecule has 0 saturated heterocycles. The van der Waals surface area contributed by atoms with Crippen LogP contribution in [-0.2, 0) is 30.2 Å². The minimum atomic E-state index is -0.286. The number of aromatic nitrogens is 4. The van der Waals surface area contributed by atoms with Gasteiger partial charge in [0.05, 0.1) is 6.33 Å². The Kier molecular flexibility index (Phi) is 13.4. The van der Waals surface area contributed by atoms with E-state index in [1.807, 2.05) is 0 Å². The Morgan fingerprint density at radius 1 is 0.914 bits per heavy atom. The Morgan fingerprint density at radius 2 is 1.43 bits per heavy atom. The first-order chi connectivity index (χ1) is 16.9. The van der Waals surface area contributed by atoms with Crippen molar-refractivity contribution in [3.05, 3.63) is 27.2 Å². The number of ether oxygens (including phenoxy) is 1. The van der Waals surface area contributed by atoms with Gasteiger partial charge < -0.3 is 9.30 Å². The van der Waals surface area contributed by atoms with E-state index in [1.54, 1.807) is 25.0 Å². The lowest BCUT2D eigenvalue weighted by Gasteiger charge is -2.13. The molecule has 0 saturated carbocycles. The van der Waals surface area contributed by atoms with Gasteiger partial charge in [-0.15, -0.1) is 0 Å². The van der Waals surface area contributed by atoms with Crippen LogP contribution in [0.5, 0.6) is 0 Å². The van der Waals surface area contributed by atoms with Crippen molar-refractivity contribution in [3.8, 4) is 0 Å². The van der Waals surface area contributed by atoms with Crippen LogP contribution in [0.15, 0.2) is 15.9 Å². The number of hydrogen-bond acceptors (Lipinski definition) is 5. The Labute approximate surface area is 217 Å². The maximum Gasteiger partial charge on any atom is 0.332 e. The Hall–Kier alpha value is -1.90. The largest absolute Gasteiger partial charge is 0.462 e. The van der Waals surface area contributed by atoms with Crippen molar-refractivity contribution in [2.45, 2.75) is 109 Å². The fourth-order valence-electron chi connectivity index (χ4n) is 4.58. The summed E-state index contributed by atoms with van der Waals surface area (Å²) in [5.74, 6) is -0.197. The third kappa shape index (κ3) is 9.58. The summed E-state index contributed by atoms with van der Waals surface area (Å²) < 4.78 is 9.74. The number of halogens is 1. The van der Waals surface area contributed by atoms with Gasteiger partial charge in [-0.25, -0.2) is 9.78 Å². The van der Waals surface area contributed by atoms with E-state index in [2.05, 4.69) is 20.9 Å². The van der Waals surface area contributed by atoms with Gasteiger partial charge >= 0.3 is 11.7 Å². The molecule has 0 aliphatic heterocycles. The number of hydrogen-bond donors (Lipinski definition) is 0. The smallest absolute Gasteiger partial charge is 0.332 e. The van der Waals surface area contributed by atoms with E-state index < -0.39 is 0 Å². The van der Waals surface area contributed by atoms with Gasteiger partial charge in [-0.2, -0.15) is 0 Å². The molecule has 0 spiro atoms. The molecule has 9 heteroatoms. The summed E-state index contributed by atoms with van der Waals surface area (Å²) in [5, 5.41) is 0.717. The van der Waals surface area contributed by atoms with Crippen LogP contribution in [0.3, 0.4) is 0 Å². The van der Waals surface area contributed by atoms with Gasteiger partial charge in [-0.1, -0.05) is 86.6 Å². The molecule has 1 unspecified atom stereocenters. The summed E-state index contributed by atoms with van der Waals surface area (Å²) >= 11 is 3.41. The lowest BCUT2D eigenvalue weighted by atomic mass is 10.0. The Morgan fingerprint density at radius 3 is 1.94 bits per heavy atom. The normalized spacial score (nSPS) is 12.3. The van der Waals surface area contributed by atoms with Gasteiger partial charge in [0.1, 0.15) is 6.10 Å². The summed E-state index contributed by atoms with van der Waals surface area (Å²) in [5.41, 5.74) is 0.396. The van der Waals surface area contributed by atoms with Gasteiger partial charge in [0, 0.05) is 32.9 Å². The van der Waals surface area contributed by atoms with Crippen molar-refractivity contribution in [1.29, 1.82) is 0 Å². The second-order valence-electron chi connectivity index (χ2n) is 9.60. The lowest BCUT2D eigenvalue weighted by Crippen LogP contribution is -2.39. The number of imidazole rings is 1. The fourth-order valence-corrected chi connectivity index (χ4v) is 5.04. The summed E-state index contributed by atoms with van der Waals surface area (Å²) in [6, 6.07) is 0. The molecule has 0 fully saturated rings. The number of aryl methyl sites for hydroxylation is 2. The summed E-state index contributed by atoms with van der Waals surface area (Å²) in [6.07, 6.45) is 18.1. The Balaban J connectivity index is 1.47. The molecule has 0 radical (unpaired) electrons. The zero-order valence-corrected chi connectivity index (χ0v) is 23.4. The molecule has 2 aromatic heterocycles. The molecular formula is C26H43BrN4O4. The highest BCUT2D eigenvalue weighted by Crippen LogP contribution is 2.15. The molecule has 2 rings (SSSR count). The monoisotopic (exact) mass is 554 g/mol. The highest BCUT2D eigenvalue weighted by atomic mass is 79.9. The highest BCUT2D eigenvalue weighted by molar-refractivity contribution is 9.09. The molecular weight excluding hydrogens is 512 g/mol. The van der Waals surface area contributed by atoms with Crippen molar-refractivity contribution >= 4 is 33.1 Å². The van der Waals surface area contributed by atoms with Crippen molar-refractivity contribution in [2.75, 3.05) is 5.33 Å². The van der Waals surface area contributed by atoms with Crippen molar-refractivity contribution < 1.29 is 9.53 Å². The zero-order chi connectivity index (χ0) is 25.6. The van der Waals surface area contributed by atoms with E-state index in [9.17, 15) is 14.4 Å². The van der Waals surface area contributed by atoms with E-state index in [1.165, 1.54) is 73.8 Å². The lowest BCUT2D eigenvalue weighted by molar-refractivity contribution is -0.145. The molecule has 0 aliphatic rings. The van der Waals surface area contributed by atoms with Gasteiger partial charge in [0.25, 0.3) is 5.56 Å². The van der Waals surface area contributed by atoms with Crippen LogP contribution in [-0.4, -0.2) is 36.1 Å². The van der Waals surface area contributed by atoms with E-state index in [0.717, 1.165) is 37.4 Å². The maximum atomic E-state index is 12.7. The van der Waals surface area contributed by atoms with Crippen LogP contribution in [0.25, 0.3) is 11.2 Å². The number of nitrogens with zero attached hydrogens (tertiary/aromatic N) is 4. The fraction of sp³-hybridized carbons (Fsp3) is 0.769. The number of fused-ring (bicyclic) bond motifs is 1. The van der Waals surface area contributed by atoms with E-state index in [0.29, 0.717) is 17.7 Å². The van der Waals surface area contributed by atoms with E-state index in [-0.39, 0.29) is 23.3 Å². The van der Waals surface area contributed by atoms with Crippen LogP contribution in [0.1, 0.15) is 96.8 Å². The molecule has 8 nitrogen and oxygen atoms in total. The first-order valence-corrected chi connectivity index (χ1v) is 14.3. The predicted octanol–water partition coefficient (Wildman–Crippen LogP) is 5.22. The second kappa shape index (κ2) is 16.0. The van der Waals surface area contributed by atoms with Gasteiger partial charge in [-0.05, 0) is 19.3 Å². The molecule has 0 N–H and O–H groups in total. The number of carbonyl (C=O) groups excluding carboxylic acids is 1. The average molecular weight is 556 g/mol. The quantitative estimate of drug-likeness (QED) is 0.143. The topological polar surface area (TPSA) is 88.1 Å². The van der Waals surface area contributed by atoms with Gasteiger partial charge in [0.15, 0.2) is 11.2 Å². The average Bonchev–Trinajstić information content (AvgIpc) is 3.22. The first kappa shape index (κ1) is 29.3. The Bertz CT molecular complexity index is 1030. The van der Waals surface area contributed by atoms with E-state index >= 15 is 0 Å². The zero-order valence-electron chi connectivity index (χ0n) is 21.8. The summed E-state index contributed by atoms with van der Waals surface area (Å²) in [4.78, 5) is 40.4. The first-order valence-electron chi connectivity index (χ1n) is 13.2. The van der Waals surface area contributed by atoms with Crippen LogP contribution in [0.2, 0.25) is 0 Å². The third-order valence-corrected chi connectivity index (χ3v) is 7.34. The van der Waals surface area contributed by atoms with Crippen molar-refractivity contribution in [1.82, 2.24) is 18.7 Å². The summed E-state index contributed by atoms with van der Waals surface area (Å²) in [6.45, 7) is 1.93. The molecule has 0 aromatic carbocycles. The number of carbonyl (C=O) groups is 1. The van der Waals surface area contributed by atoms with Crippen LogP contribution >= 0.6 is 15.9 Å². The number of esters is 1. The molecule has 198 valence electrons. The molecule has 2 aromatic rings. The second-order valence-corrected chi connectivity index (χ2v) is 10.2. The molecule has 0 aliphatic carbocycles. The molecule has 0 bridgehead atoms. The van der Waals surface area contributed by atoms with Crippen molar-refractivity contribution in [2.24, 2.45) is 14.1 Å². The predicted molar refractivity (Wildman–Crippen MR) is 144 cm³/mol. The molecule has 0 amide bonds. The number of unbranched alkanes of at least 4 members (excludes halogenated alkanes) is 12. The minimum absolute atomic E-state index is 0.0128. The number of rotatable bonds is 18. The minimum Gasteiger partial charge on any atom is -0.462 e. The molecule has 35 heavy (non-hydrogen) atoms. The standard InChI is InChI=1S/C26H43BrN4O4/c1-21(32)35-22(19-27)17-15-13-11-9-7-5-4-6-8-10-12-14-16-18-31-25(33)23-24(28-20-29(23)2)30(3)26(31)34/h20,22H,4-19H2,1-3H3. The van der Waals surface area contributed by atoms with Gasteiger partial charge in [-0.3, -0.25) is 18.7 Å². The highest BCUT2D eigenvalue weighted by Gasteiger charge is 2.14. The van der Waals surface area contributed by atoms with Gasteiger partial charge in [0.2, 0.25) is 0 Å². The SMILES string of the molecule is CC(=O)OC(CBr)CCCCCCCCCCCCCCCn1c(=O)c2c(ncn2C)n(C)c1=O.